The molecular formula is C17H21NO4. The van der Waals surface area contributed by atoms with Crippen LogP contribution in [-0.2, 0) is 17.8 Å². The summed E-state index contributed by atoms with van der Waals surface area (Å²) in [6.07, 6.45) is 0.288. The minimum atomic E-state index is -0.0505. The first-order chi connectivity index (χ1) is 10.5. The van der Waals surface area contributed by atoms with Gasteiger partial charge >= 0.3 is 0 Å². The molecule has 118 valence electrons. The van der Waals surface area contributed by atoms with Gasteiger partial charge in [-0.1, -0.05) is 6.07 Å². The molecule has 1 N–H and O–H groups in total. The van der Waals surface area contributed by atoms with Gasteiger partial charge in [-0.05, 0) is 37.6 Å². The van der Waals surface area contributed by atoms with E-state index in [0.29, 0.717) is 18.0 Å². The molecule has 2 aromatic rings. The van der Waals surface area contributed by atoms with Gasteiger partial charge in [-0.2, -0.15) is 0 Å². The molecule has 22 heavy (non-hydrogen) atoms. The van der Waals surface area contributed by atoms with Crippen LogP contribution in [0.5, 0.6) is 11.5 Å². The molecule has 1 aromatic carbocycles. The number of carbonyl (C=O) groups is 1. The number of ether oxygens (including phenoxy) is 2. The molecule has 0 saturated heterocycles. The van der Waals surface area contributed by atoms with Crippen LogP contribution in [0.3, 0.4) is 0 Å². The predicted octanol–water partition coefficient (Wildman–Crippen LogP) is 2.77. The lowest BCUT2D eigenvalue weighted by Crippen LogP contribution is -2.24. The van der Waals surface area contributed by atoms with Crippen molar-refractivity contribution in [2.45, 2.75) is 26.8 Å². The Balaban J connectivity index is 1.96. The molecule has 0 bridgehead atoms. The van der Waals surface area contributed by atoms with Crippen LogP contribution in [0.25, 0.3) is 0 Å². The third-order valence-corrected chi connectivity index (χ3v) is 3.43. The van der Waals surface area contributed by atoms with Crippen LogP contribution in [0.1, 0.15) is 22.6 Å². The fourth-order valence-electron chi connectivity index (χ4n) is 2.29. The summed E-state index contributed by atoms with van der Waals surface area (Å²) in [7, 11) is 3.16. The van der Waals surface area contributed by atoms with Crippen LogP contribution in [0.4, 0.5) is 0 Å². The van der Waals surface area contributed by atoms with E-state index in [-0.39, 0.29) is 12.3 Å². The average molecular weight is 303 g/mol. The van der Waals surface area contributed by atoms with Gasteiger partial charge in [0.2, 0.25) is 5.91 Å². The van der Waals surface area contributed by atoms with Crippen molar-refractivity contribution >= 4 is 5.91 Å². The number of carbonyl (C=O) groups excluding carboxylic acids is 1. The molecule has 1 heterocycles. The predicted molar refractivity (Wildman–Crippen MR) is 83.3 cm³/mol. The van der Waals surface area contributed by atoms with Gasteiger partial charge in [0.05, 0.1) is 20.6 Å². The van der Waals surface area contributed by atoms with Crippen molar-refractivity contribution in [2.75, 3.05) is 14.2 Å². The molecule has 0 saturated carbocycles. The maximum atomic E-state index is 12.0. The number of methoxy groups -OCH3 is 2. The van der Waals surface area contributed by atoms with E-state index >= 15 is 0 Å². The van der Waals surface area contributed by atoms with Crippen LogP contribution in [0, 0.1) is 13.8 Å². The van der Waals surface area contributed by atoms with E-state index in [9.17, 15) is 4.79 Å². The minimum absolute atomic E-state index is 0.0505. The molecule has 5 heteroatoms. The van der Waals surface area contributed by atoms with E-state index in [1.807, 2.05) is 32.0 Å². The number of amides is 1. The Morgan fingerprint density at radius 1 is 1.14 bits per heavy atom. The van der Waals surface area contributed by atoms with Crippen molar-refractivity contribution in [3.63, 3.8) is 0 Å². The van der Waals surface area contributed by atoms with E-state index in [1.54, 1.807) is 20.3 Å². The van der Waals surface area contributed by atoms with E-state index in [2.05, 4.69) is 5.32 Å². The second-order valence-electron chi connectivity index (χ2n) is 5.08. The normalized spacial score (nSPS) is 10.4. The maximum absolute atomic E-state index is 12.0. The number of hydrogen-bond donors (Lipinski definition) is 1. The Hall–Kier alpha value is -2.43. The van der Waals surface area contributed by atoms with Gasteiger partial charge in [-0.25, -0.2) is 0 Å². The van der Waals surface area contributed by atoms with Gasteiger partial charge in [0, 0.05) is 12.1 Å². The second kappa shape index (κ2) is 7.02. The Labute approximate surface area is 130 Å². The van der Waals surface area contributed by atoms with Crippen LogP contribution in [-0.4, -0.2) is 20.1 Å². The van der Waals surface area contributed by atoms with Gasteiger partial charge < -0.3 is 19.2 Å². The number of furan rings is 1. The third-order valence-electron chi connectivity index (χ3n) is 3.43. The van der Waals surface area contributed by atoms with E-state index < -0.39 is 0 Å². The molecule has 0 aliphatic heterocycles. The molecule has 1 aromatic heterocycles. The fourth-order valence-corrected chi connectivity index (χ4v) is 2.29. The maximum Gasteiger partial charge on any atom is 0.224 e. The first-order valence-electron chi connectivity index (χ1n) is 7.07. The summed E-state index contributed by atoms with van der Waals surface area (Å²) in [6, 6.07) is 7.40. The molecule has 0 spiro atoms. The molecule has 2 rings (SSSR count). The van der Waals surface area contributed by atoms with E-state index in [0.717, 1.165) is 22.6 Å². The molecule has 0 unspecified atom stereocenters. The lowest BCUT2D eigenvalue weighted by Gasteiger charge is -2.09. The third kappa shape index (κ3) is 3.81. The second-order valence-corrected chi connectivity index (χ2v) is 5.08. The largest absolute Gasteiger partial charge is 0.493 e. The SMILES string of the molecule is COc1ccc(CC(=O)NCc2cc(C)oc2C)cc1OC. The van der Waals surface area contributed by atoms with Crippen LogP contribution in [0.2, 0.25) is 0 Å². The van der Waals surface area contributed by atoms with Gasteiger partial charge in [0.15, 0.2) is 11.5 Å². The Morgan fingerprint density at radius 2 is 1.86 bits per heavy atom. The zero-order valence-corrected chi connectivity index (χ0v) is 13.4. The van der Waals surface area contributed by atoms with Gasteiger partial charge in [0.1, 0.15) is 11.5 Å². The van der Waals surface area contributed by atoms with Crippen LogP contribution in [0.15, 0.2) is 28.7 Å². The summed E-state index contributed by atoms with van der Waals surface area (Å²) in [4.78, 5) is 12.0. The summed E-state index contributed by atoms with van der Waals surface area (Å²) in [5.41, 5.74) is 1.87. The summed E-state index contributed by atoms with van der Waals surface area (Å²) in [6.45, 7) is 4.25. The highest BCUT2D eigenvalue weighted by molar-refractivity contribution is 5.78. The Kier molecular flexibility index (Phi) is 5.09. The minimum Gasteiger partial charge on any atom is -0.493 e. The Morgan fingerprint density at radius 3 is 2.45 bits per heavy atom. The van der Waals surface area contributed by atoms with Crippen molar-refractivity contribution in [3.05, 3.63) is 46.9 Å². The Bertz CT molecular complexity index is 661. The molecule has 0 atom stereocenters. The molecule has 0 radical (unpaired) electrons. The summed E-state index contributed by atoms with van der Waals surface area (Å²) in [5, 5.41) is 2.90. The number of rotatable bonds is 6. The van der Waals surface area contributed by atoms with Gasteiger partial charge in [-0.15, -0.1) is 0 Å². The number of benzene rings is 1. The molecule has 0 fully saturated rings. The zero-order valence-electron chi connectivity index (χ0n) is 13.4. The molecule has 1 amide bonds. The zero-order chi connectivity index (χ0) is 16.1. The average Bonchev–Trinajstić information content (AvgIpc) is 2.82. The summed E-state index contributed by atoms with van der Waals surface area (Å²) in [5.74, 6) is 2.90. The van der Waals surface area contributed by atoms with Crippen LogP contribution >= 0.6 is 0 Å². The molecule has 0 aliphatic carbocycles. The van der Waals surface area contributed by atoms with Gasteiger partial charge in [-0.3, -0.25) is 4.79 Å². The first kappa shape index (κ1) is 15.9. The first-order valence-corrected chi connectivity index (χ1v) is 7.07. The van der Waals surface area contributed by atoms with E-state index in [4.69, 9.17) is 13.9 Å². The van der Waals surface area contributed by atoms with Crippen molar-refractivity contribution in [2.24, 2.45) is 0 Å². The van der Waals surface area contributed by atoms with Crippen molar-refractivity contribution in [1.82, 2.24) is 5.32 Å². The lowest BCUT2D eigenvalue weighted by atomic mass is 10.1. The van der Waals surface area contributed by atoms with Crippen molar-refractivity contribution < 1.29 is 18.7 Å². The molecular weight excluding hydrogens is 282 g/mol. The van der Waals surface area contributed by atoms with Crippen LogP contribution < -0.4 is 14.8 Å². The number of hydrogen-bond acceptors (Lipinski definition) is 4. The summed E-state index contributed by atoms with van der Waals surface area (Å²) >= 11 is 0. The number of nitrogens with one attached hydrogen (secondary N) is 1. The highest BCUT2D eigenvalue weighted by atomic mass is 16.5. The fraction of sp³-hybridized carbons (Fsp3) is 0.353. The quantitative estimate of drug-likeness (QED) is 0.891. The van der Waals surface area contributed by atoms with Crippen molar-refractivity contribution in [1.29, 1.82) is 0 Å². The van der Waals surface area contributed by atoms with Gasteiger partial charge in [0.25, 0.3) is 0 Å². The highest BCUT2D eigenvalue weighted by Gasteiger charge is 2.10. The lowest BCUT2D eigenvalue weighted by molar-refractivity contribution is -0.120. The smallest absolute Gasteiger partial charge is 0.224 e. The number of aryl methyl sites for hydroxylation is 2. The molecule has 5 nitrogen and oxygen atoms in total. The standard InChI is InChI=1S/C17H21NO4/c1-11-7-14(12(2)22-11)10-18-17(19)9-13-5-6-15(20-3)16(8-13)21-4/h5-8H,9-10H2,1-4H3,(H,18,19). The summed E-state index contributed by atoms with van der Waals surface area (Å²) < 4.78 is 15.9. The van der Waals surface area contributed by atoms with E-state index in [1.165, 1.54) is 0 Å². The topological polar surface area (TPSA) is 60.7 Å². The highest BCUT2D eigenvalue weighted by Crippen LogP contribution is 2.27. The monoisotopic (exact) mass is 303 g/mol. The van der Waals surface area contributed by atoms with Crippen molar-refractivity contribution in [3.8, 4) is 11.5 Å². The molecule has 0 aliphatic rings.